The first kappa shape index (κ1) is 19.2. The standard InChI is InChI=1S/C24H26N2O3/c1-16-8-6-9-17(2)26(16)24(28)22-15-25(18-10-7-11-19(14-18)29-3)23(27)21-13-5-4-12-20(21)22/h4-5,7,10-17H,6,8-9H2,1-3H3/t16-,17+. The normalized spacial score (nSPS) is 19.3. The van der Waals surface area contributed by atoms with Crippen LogP contribution in [0.5, 0.6) is 5.75 Å². The fourth-order valence-corrected chi connectivity index (χ4v) is 4.37. The van der Waals surface area contributed by atoms with Crippen LogP contribution in [0.15, 0.2) is 59.5 Å². The third-order valence-corrected chi connectivity index (χ3v) is 5.91. The maximum Gasteiger partial charge on any atom is 0.262 e. The van der Waals surface area contributed by atoms with Crippen molar-refractivity contribution < 1.29 is 9.53 Å². The van der Waals surface area contributed by atoms with Gasteiger partial charge >= 0.3 is 0 Å². The molecule has 1 aliphatic rings. The van der Waals surface area contributed by atoms with Gasteiger partial charge in [-0.1, -0.05) is 24.3 Å². The molecular weight excluding hydrogens is 364 g/mol. The smallest absolute Gasteiger partial charge is 0.262 e. The van der Waals surface area contributed by atoms with Gasteiger partial charge in [0.25, 0.3) is 11.5 Å². The summed E-state index contributed by atoms with van der Waals surface area (Å²) in [6, 6.07) is 15.0. The number of ether oxygens (including phenoxy) is 1. The van der Waals surface area contributed by atoms with E-state index in [4.69, 9.17) is 4.74 Å². The number of methoxy groups -OCH3 is 1. The molecule has 0 unspecified atom stereocenters. The van der Waals surface area contributed by atoms with Crippen molar-refractivity contribution in [3.8, 4) is 11.4 Å². The van der Waals surface area contributed by atoms with Gasteiger partial charge in [-0.15, -0.1) is 0 Å². The first-order valence-electron chi connectivity index (χ1n) is 10.1. The third kappa shape index (κ3) is 3.41. The van der Waals surface area contributed by atoms with E-state index in [1.54, 1.807) is 30.0 Å². The van der Waals surface area contributed by atoms with Crippen LogP contribution >= 0.6 is 0 Å². The Kier molecular flexibility index (Phi) is 5.14. The quantitative estimate of drug-likeness (QED) is 0.666. The van der Waals surface area contributed by atoms with E-state index in [0.717, 1.165) is 19.3 Å². The van der Waals surface area contributed by atoms with Crippen molar-refractivity contribution in [1.29, 1.82) is 0 Å². The molecule has 1 saturated heterocycles. The van der Waals surface area contributed by atoms with Crippen LogP contribution in [0.3, 0.4) is 0 Å². The highest BCUT2D eigenvalue weighted by Gasteiger charge is 2.31. The Bertz CT molecular complexity index is 1110. The number of nitrogens with zero attached hydrogens (tertiary/aromatic N) is 2. The molecule has 0 aliphatic carbocycles. The van der Waals surface area contributed by atoms with E-state index in [-0.39, 0.29) is 23.6 Å². The molecule has 2 heterocycles. The summed E-state index contributed by atoms with van der Waals surface area (Å²) >= 11 is 0. The van der Waals surface area contributed by atoms with Crippen LogP contribution in [0.25, 0.3) is 16.5 Å². The van der Waals surface area contributed by atoms with E-state index in [1.165, 1.54) is 0 Å². The summed E-state index contributed by atoms with van der Waals surface area (Å²) in [7, 11) is 1.59. The van der Waals surface area contributed by atoms with E-state index >= 15 is 0 Å². The first-order valence-corrected chi connectivity index (χ1v) is 10.1. The van der Waals surface area contributed by atoms with Gasteiger partial charge in [0, 0.05) is 35.1 Å². The van der Waals surface area contributed by atoms with Gasteiger partial charge < -0.3 is 9.64 Å². The summed E-state index contributed by atoms with van der Waals surface area (Å²) in [6.07, 6.45) is 4.83. The van der Waals surface area contributed by atoms with Crippen molar-refractivity contribution in [2.45, 2.75) is 45.2 Å². The Balaban J connectivity index is 1.93. The summed E-state index contributed by atoms with van der Waals surface area (Å²) in [5.41, 5.74) is 1.09. The van der Waals surface area contributed by atoms with Crippen LogP contribution in [0, 0.1) is 0 Å². The lowest BCUT2D eigenvalue weighted by atomic mass is 9.95. The number of pyridine rings is 1. The van der Waals surface area contributed by atoms with Crippen LogP contribution < -0.4 is 10.3 Å². The molecule has 2 aromatic carbocycles. The fourth-order valence-electron chi connectivity index (χ4n) is 4.37. The molecular formula is C24H26N2O3. The zero-order valence-electron chi connectivity index (χ0n) is 17.1. The van der Waals surface area contributed by atoms with Gasteiger partial charge in [0.05, 0.1) is 18.4 Å². The Morgan fingerprint density at radius 3 is 2.38 bits per heavy atom. The molecule has 0 bridgehead atoms. The van der Waals surface area contributed by atoms with Crippen molar-refractivity contribution in [3.05, 3.63) is 70.6 Å². The molecule has 0 saturated carbocycles. The van der Waals surface area contributed by atoms with Gasteiger partial charge in [-0.2, -0.15) is 0 Å². The van der Waals surface area contributed by atoms with Crippen molar-refractivity contribution >= 4 is 16.7 Å². The first-order chi connectivity index (χ1) is 14.0. The van der Waals surface area contributed by atoms with Crippen molar-refractivity contribution in [3.63, 3.8) is 0 Å². The predicted octanol–water partition coefficient (Wildman–Crippen LogP) is 4.40. The number of rotatable bonds is 3. The zero-order valence-corrected chi connectivity index (χ0v) is 17.1. The van der Waals surface area contributed by atoms with Gasteiger partial charge in [0.15, 0.2) is 0 Å². The monoisotopic (exact) mass is 390 g/mol. The van der Waals surface area contributed by atoms with Crippen molar-refractivity contribution in [2.75, 3.05) is 7.11 Å². The second-order valence-corrected chi connectivity index (χ2v) is 7.81. The number of carbonyl (C=O) groups excluding carboxylic acids is 1. The molecule has 4 rings (SSSR count). The Hall–Kier alpha value is -3.08. The number of fused-ring (bicyclic) bond motifs is 1. The number of carbonyl (C=O) groups is 1. The molecule has 2 atom stereocenters. The molecule has 5 nitrogen and oxygen atoms in total. The van der Waals surface area contributed by atoms with Gasteiger partial charge in [-0.3, -0.25) is 14.2 Å². The average Bonchev–Trinajstić information content (AvgIpc) is 2.74. The molecule has 1 amide bonds. The topological polar surface area (TPSA) is 51.5 Å². The highest BCUT2D eigenvalue weighted by molar-refractivity contribution is 6.06. The minimum Gasteiger partial charge on any atom is -0.497 e. The number of amides is 1. The highest BCUT2D eigenvalue weighted by Crippen LogP contribution is 2.27. The average molecular weight is 390 g/mol. The van der Waals surface area contributed by atoms with Crippen molar-refractivity contribution in [1.82, 2.24) is 9.47 Å². The van der Waals surface area contributed by atoms with E-state index < -0.39 is 0 Å². The van der Waals surface area contributed by atoms with Gasteiger partial charge in [0.1, 0.15) is 5.75 Å². The number of hydrogen-bond acceptors (Lipinski definition) is 3. The lowest BCUT2D eigenvalue weighted by molar-refractivity contribution is 0.0512. The highest BCUT2D eigenvalue weighted by atomic mass is 16.5. The second kappa shape index (κ2) is 7.74. The van der Waals surface area contributed by atoms with Crippen molar-refractivity contribution in [2.24, 2.45) is 0 Å². The molecule has 0 spiro atoms. The summed E-state index contributed by atoms with van der Waals surface area (Å²) in [5, 5.41) is 1.24. The van der Waals surface area contributed by atoms with E-state index in [9.17, 15) is 9.59 Å². The maximum atomic E-state index is 13.6. The van der Waals surface area contributed by atoms with Gasteiger partial charge in [-0.05, 0) is 51.3 Å². The summed E-state index contributed by atoms with van der Waals surface area (Å²) < 4.78 is 6.87. The van der Waals surface area contributed by atoms with Gasteiger partial charge in [-0.25, -0.2) is 0 Å². The molecule has 0 N–H and O–H groups in total. The van der Waals surface area contributed by atoms with E-state index in [1.807, 2.05) is 41.3 Å². The fraction of sp³-hybridized carbons (Fsp3) is 0.333. The van der Waals surface area contributed by atoms with E-state index in [0.29, 0.717) is 27.8 Å². The third-order valence-electron chi connectivity index (χ3n) is 5.91. The summed E-state index contributed by atoms with van der Waals surface area (Å²) in [6.45, 7) is 4.21. The second-order valence-electron chi connectivity index (χ2n) is 7.81. The minimum absolute atomic E-state index is 0.0162. The molecule has 1 fully saturated rings. The number of piperidine rings is 1. The van der Waals surface area contributed by atoms with Crippen LogP contribution in [-0.2, 0) is 0 Å². The maximum absolute atomic E-state index is 13.6. The number of aromatic nitrogens is 1. The minimum atomic E-state index is -0.148. The summed E-state index contributed by atoms with van der Waals surface area (Å²) in [5.74, 6) is 0.645. The van der Waals surface area contributed by atoms with Crippen LogP contribution in [0.2, 0.25) is 0 Å². The number of hydrogen-bond donors (Lipinski definition) is 0. The lowest BCUT2D eigenvalue weighted by Gasteiger charge is -2.39. The van der Waals surface area contributed by atoms with Crippen LogP contribution in [-0.4, -0.2) is 34.6 Å². The number of likely N-dealkylation sites (tertiary alicyclic amines) is 1. The van der Waals surface area contributed by atoms with E-state index in [2.05, 4.69) is 13.8 Å². The Labute approximate surface area is 170 Å². The van der Waals surface area contributed by atoms with Crippen LogP contribution in [0.1, 0.15) is 43.5 Å². The largest absolute Gasteiger partial charge is 0.497 e. The molecule has 0 radical (unpaired) electrons. The lowest BCUT2D eigenvalue weighted by Crippen LogP contribution is -2.47. The zero-order chi connectivity index (χ0) is 20.5. The van der Waals surface area contributed by atoms with Gasteiger partial charge in [0.2, 0.25) is 0 Å². The molecule has 3 aromatic rings. The molecule has 150 valence electrons. The SMILES string of the molecule is COc1cccc(-n2cc(C(=O)N3[C@H](C)CCC[C@@H]3C)c3ccccc3c2=O)c1. The molecule has 5 heteroatoms. The van der Waals surface area contributed by atoms with Crippen LogP contribution in [0.4, 0.5) is 0 Å². The Morgan fingerprint density at radius 2 is 1.69 bits per heavy atom. The molecule has 1 aliphatic heterocycles. The number of benzene rings is 2. The Morgan fingerprint density at radius 1 is 1.00 bits per heavy atom. The summed E-state index contributed by atoms with van der Waals surface area (Å²) in [4.78, 5) is 28.8. The molecule has 1 aromatic heterocycles. The molecule has 29 heavy (non-hydrogen) atoms. The predicted molar refractivity (Wildman–Crippen MR) is 115 cm³/mol.